The van der Waals surface area contributed by atoms with Crippen molar-refractivity contribution in [2.45, 2.75) is 18.7 Å². The first-order valence-corrected chi connectivity index (χ1v) is 4.80. The van der Waals surface area contributed by atoms with Crippen LogP contribution in [0.1, 0.15) is 21.5 Å². The van der Waals surface area contributed by atoms with Gasteiger partial charge in [-0.15, -0.1) is 0 Å². The predicted molar refractivity (Wildman–Crippen MR) is 54.1 cm³/mol. The number of hydrogen-bond donors (Lipinski definition) is 0. The number of aryl methyl sites for hydroxylation is 2. The quantitative estimate of drug-likeness (QED) is 0.589. The molecule has 0 heterocycles. The molecule has 0 bridgehead atoms. The molecule has 1 nitrogen and oxygen atoms in total. The lowest BCUT2D eigenvalue weighted by Crippen LogP contribution is -2.20. The van der Waals surface area contributed by atoms with E-state index in [1.165, 1.54) is 12.1 Å². The molecule has 0 radical (unpaired) electrons. The summed E-state index contributed by atoms with van der Waals surface area (Å²) in [5.74, 6) is -1.20. The molecule has 0 spiro atoms. The van der Waals surface area contributed by atoms with Gasteiger partial charge < -0.3 is 0 Å². The number of hydrogen-bond acceptors (Lipinski definition) is 1. The van der Waals surface area contributed by atoms with Crippen LogP contribution in [0.5, 0.6) is 0 Å². The normalized spacial score (nSPS) is 11.5. The van der Waals surface area contributed by atoms with E-state index in [-0.39, 0.29) is 5.56 Å². The zero-order valence-electron chi connectivity index (χ0n) is 7.77. The standard InChI is InChI=1S/C10H9BrF2O/c1-6-3-7(2)5-8(4-6)9(14)10(11,12)13/h3-5H,1-2H3. The Morgan fingerprint density at radius 2 is 1.64 bits per heavy atom. The van der Waals surface area contributed by atoms with Crippen LogP contribution in [-0.4, -0.2) is 10.6 Å². The van der Waals surface area contributed by atoms with Crippen LogP contribution in [0.3, 0.4) is 0 Å². The van der Waals surface area contributed by atoms with Crippen molar-refractivity contribution in [1.29, 1.82) is 0 Å². The number of benzene rings is 1. The molecule has 1 aromatic carbocycles. The van der Waals surface area contributed by atoms with Crippen LogP contribution in [0, 0.1) is 13.8 Å². The monoisotopic (exact) mass is 262 g/mol. The second-order valence-corrected chi connectivity index (χ2v) is 4.20. The number of carbonyl (C=O) groups is 1. The third-order valence-corrected chi connectivity index (χ3v) is 2.10. The minimum Gasteiger partial charge on any atom is -0.286 e. The second kappa shape index (κ2) is 3.77. The van der Waals surface area contributed by atoms with Gasteiger partial charge in [0, 0.05) is 5.56 Å². The summed E-state index contributed by atoms with van der Waals surface area (Å²) in [6.45, 7) is 3.52. The summed E-state index contributed by atoms with van der Waals surface area (Å²) in [4.78, 5) is 7.69. The number of ketones is 1. The molecule has 0 saturated heterocycles. The average Bonchev–Trinajstić information content (AvgIpc) is 1.99. The molecule has 0 amide bonds. The fraction of sp³-hybridized carbons (Fsp3) is 0.300. The molecule has 76 valence electrons. The van der Waals surface area contributed by atoms with Crippen molar-refractivity contribution in [3.05, 3.63) is 34.9 Å². The number of rotatable bonds is 2. The molecule has 0 aliphatic heterocycles. The van der Waals surface area contributed by atoms with Crippen LogP contribution < -0.4 is 0 Å². The molecular weight excluding hydrogens is 254 g/mol. The van der Waals surface area contributed by atoms with Crippen molar-refractivity contribution in [2.24, 2.45) is 0 Å². The van der Waals surface area contributed by atoms with Crippen molar-refractivity contribution in [3.8, 4) is 0 Å². The van der Waals surface area contributed by atoms with Gasteiger partial charge in [0.05, 0.1) is 0 Å². The predicted octanol–water partition coefficient (Wildman–Crippen LogP) is 3.47. The molecule has 1 aromatic rings. The van der Waals surface area contributed by atoms with Crippen molar-refractivity contribution < 1.29 is 13.6 Å². The molecule has 4 heteroatoms. The lowest BCUT2D eigenvalue weighted by atomic mass is 10.0. The van der Waals surface area contributed by atoms with Crippen LogP contribution in [-0.2, 0) is 0 Å². The Balaban J connectivity index is 3.14. The van der Waals surface area contributed by atoms with E-state index in [9.17, 15) is 13.6 Å². The Morgan fingerprint density at radius 1 is 1.21 bits per heavy atom. The van der Waals surface area contributed by atoms with Crippen molar-refractivity contribution >= 4 is 21.7 Å². The highest BCUT2D eigenvalue weighted by molar-refractivity contribution is 9.10. The van der Waals surface area contributed by atoms with E-state index in [1.807, 2.05) is 22.0 Å². The molecule has 0 atom stereocenters. The first-order valence-electron chi connectivity index (χ1n) is 4.00. The summed E-state index contributed by atoms with van der Waals surface area (Å²) in [5, 5.41) is 0. The van der Waals surface area contributed by atoms with Crippen molar-refractivity contribution in [2.75, 3.05) is 0 Å². The van der Waals surface area contributed by atoms with Crippen LogP contribution in [0.4, 0.5) is 8.78 Å². The fourth-order valence-electron chi connectivity index (χ4n) is 1.27. The number of carbonyl (C=O) groups excluding carboxylic acids is 1. The van der Waals surface area contributed by atoms with E-state index < -0.39 is 10.6 Å². The fourth-order valence-corrected chi connectivity index (χ4v) is 1.50. The Morgan fingerprint density at radius 3 is 2.00 bits per heavy atom. The Labute approximate surface area is 89.3 Å². The van der Waals surface area contributed by atoms with Gasteiger partial charge in [0.15, 0.2) is 0 Å². The van der Waals surface area contributed by atoms with Gasteiger partial charge >= 0.3 is 4.83 Å². The lowest BCUT2D eigenvalue weighted by Gasteiger charge is -2.08. The highest BCUT2D eigenvalue weighted by atomic mass is 79.9. The van der Waals surface area contributed by atoms with Crippen molar-refractivity contribution in [1.82, 2.24) is 0 Å². The Bertz CT molecular complexity index is 349. The van der Waals surface area contributed by atoms with E-state index in [1.54, 1.807) is 13.8 Å². The minimum atomic E-state index is -3.48. The largest absolute Gasteiger partial charge is 0.363 e. The zero-order valence-corrected chi connectivity index (χ0v) is 9.36. The maximum atomic E-state index is 12.6. The number of halogens is 3. The van der Waals surface area contributed by atoms with Crippen LogP contribution >= 0.6 is 15.9 Å². The van der Waals surface area contributed by atoms with Crippen LogP contribution in [0.25, 0.3) is 0 Å². The molecule has 0 unspecified atom stereocenters. The molecule has 1 rings (SSSR count). The number of Topliss-reactive ketones (excluding diaryl/α,β-unsaturated/α-hetero) is 1. The van der Waals surface area contributed by atoms with E-state index in [4.69, 9.17) is 0 Å². The summed E-state index contributed by atoms with van der Waals surface area (Å²) in [5.41, 5.74) is 1.62. The highest BCUT2D eigenvalue weighted by Crippen LogP contribution is 2.27. The molecule has 0 aliphatic carbocycles. The third-order valence-electron chi connectivity index (χ3n) is 1.74. The van der Waals surface area contributed by atoms with Gasteiger partial charge in [-0.1, -0.05) is 17.2 Å². The lowest BCUT2D eigenvalue weighted by molar-refractivity contribution is 0.0592. The van der Waals surface area contributed by atoms with Gasteiger partial charge in [0.2, 0.25) is 5.78 Å². The summed E-state index contributed by atoms with van der Waals surface area (Å²) in [6, 6.07) is 4.72. The molecular formula is C10H9BrF2O. The first-order chi connectivity index (χ1) is 6.30. The maximum Gasteiger partial charge on any atom is 0.363 e. The van der Waals surface area contributed by atoms with E-state index in [0.717, 1.165) is 11.1 Å². The van der Waals surface area contributed by atoms with Crippen LogP contribution in [0.2, 0.25) is 0 Å². The number of alkyl halides is 3. The van der Waals surface area contributed by atoms with Gasteiger partial charge in [-0.25, -0.2) is 0 Å². The van der Waals surface area contributed by atoms with Gasteiger partial charge in [-0.2, -0.15) is 8.78 Å². The van der Waals surface area contributed by atoms with Crippen molar-refractivity contribution in [3.63, 3.8) is 0 Å². The molecule has 0 fully saturated rings. The highest BCUT2D eigenvalue weighted by Gasteiger charge is 2.35. The average molecular weight is 263 g/mol. The summed E-state index contributed by atoms with van der Waals surface area (Å²) in [6.07, 6.45) is 0. The van der Waals surface area contributed by atoms with E-state index in [0.29, 0.717) is 0 Å². The van der Waals surface area contributed by atoms with E-state index >= 15 is 0 Å². The van der Waals surface area contributed by atoms with Gasteiger partial charge in [-0.3, -0.25) is 4.79 Å². The third kappa shape index (κ3) is 2.61. The topological polar surface area (TPSA) is 17.1 Å². The summed E-state index contributed by atoms with van der Waals surface area (Å²) in [7, 11) is 0. The zero-order chi connectivity index (χ0) is 10.9. The molecule has 0 saturated carbocycles. The molecule has 0 aliphatic rings. The SMILES string of the molecule is Cc1cc(C)cc(C(=O)C(F)(F)Br)c1. The molecule has 0 aromatic heterocycles. The second-order valence-electron chi connectivity index (χ2n) is 3.20. The first kappa shape index (κ1) is 11.3. The Hall–Kier alpha value is -0.770. The summed E-state index contributed by atoms with van der Waals surface area (Å²) < 4.78 is 25.3. The van der Waals surface area contributed by atoms with Crippen LogP contribution in [0.15, 0.2) is 18.2 Å². The smallest absolute Gasteiger partial charge is 0.286 e. The van der Waals surface area contributed by atoms with E-state index in [2.05, 4.69) is 0 Å². The van der Waals surface area contributed by atoms with Gasteiger partial charge in [0.1, 0.15) is 0 Å². The van der Waals surface area contributed by atoms with Gasteiger partial charge in [-0.05, 0) is 41.9 Å². The minimum absolute atomic E-state index is 0.0318. The van der Waals surface area contributed by atoms with Gasteiger partial charge in [0.25, 0.3) is 0 Å². The molecule has 0 N–H and O–H groups in total. The molecule has 14 heavy (non-hydrogen) atoms. The maximum absolute atomic E-state index is 12.6. The Kier molecular flexibility index (Phi) is 3.04. The summed E-state index contributed by atoms with van der Waals surface area (Å²) >= 11 is 2.05.